The summed E-state index contributed by atoms with van der Waals surface area (Å²) in [4.78, 5) is 30.9. The van der Waals surface area contributed by atoms with E-state index in [0.717, 1.165) is 16.1 Å². The van der Waals surface area contributed by atoms with Crippen molar-refractivity contribution in [1.29, 1.82) is 0 Å². The maximum atomic E-state index is 13.4. The SMILES string of the molecule is COc1ccc(N2C(=O)C(=O)/C(=C(\O)c3ccc4c(c3)N(C)CCO4)C2c2sccc2C)cc1Cl. The Morgan fingerprint density at radius 1 is 1.20 bits per heavy atom. The highest BCUT2D eigenvalue weighted by Gasteiger charge is 2.48. The fourth-order valence-corrected chi connectivity index (χ4v) is 5.75. The Hall–Kier alpha value is -3.49. The molecule has 0 spiro atoms. The number of anilines is 2. The van der Waals surface area contributed by atoms with Crippen LogP contribution in [0.15, 0.2) is 53.4 Å². The van der Waals surface area contributed by atoms with Crippen molar-refractivity contribution in [3.8, 4) is 11.5 Å². The molecular formula is C26H23ClN2O5S. The number of thiophene rings is 1. The van der Waals surface area contributed by atoms with Gasteiger partial charge in [0.15, 0.2) is 0 Å². The lowest BCUT2D eigenvalue weighted by atomic mass is 9.97. The minimum atomic E-state index is -0.801. The molecule has 0 radical (unpaired) electrons. The maximum absolute atomic E-state index is 13.4. The van der Waals surface area contributed by atoms with Crippen LogP contribution in [0.1, 0.15) is 22.0 Å². The number of benzene rings is 2. The molecule has 1 aromatic heterocycles. The fourth-order valence-electron chi connectivity index (χ4n) is 4.47. The van der Waals surface area contributed by atoms with Crippen molar-refractivity contribution in [3.63, 3.8) is 0 Å². The molecule has 1 amide bonds. The highest BCUT2D eigenvalue weighted by molar-refractivity contribution is 7.10. The average Bonchev–Trinajstić information content (AvgIpc) is 3.38. The molecule has 1 unspecified atom stereocenters. The van der Waals surface area contributed by atoms with Gasteiger partial charge in [-0.25, -0.2) is 0 Å². The molecule has 2 aliphatic heterocycles. The molecule has 9 heteroatoms. The number of fused-ring (bicyclic) bond motifs is 1. The van der Waals surface area contributed by atoms with E-state index >= 15 is 0 Å². The van der Waals surface area contributed by atoms with Crippen molar-refractivity contribution in [1.82, 2.24) is 0 Å². The third kappa shape index (κ3) is 3.83. The summed E-state index contributed by atoms with van der Waals surface area (Å²) in [6, 6.07) is 11.3. The number of methoxy groups -OCH3 is 1. The zero-order valence-corrected chi connectivity index (χ0v) is 20.9. The second-order valence-corrected chi connectivity index (χ2v) is 9.76. The van der Waals surface area contributed by atoms with Gasteiger partial charge in [0.25, 0.3) is 11.7 Å². The Balaban J connectivity index is 1.69. The number of aryl methyl sites for hydroxylation is 1. The molecule has 3 aromatic rings. The van der Waals surface area contributed by atoms with E-state index in [1.54, 1.807) is 36.4 Å². The quantitative estimate of drug-likeness (QED) is 0.296. The number of likely N-dealkylation sites (N-methyl/N-ethyl adjacent to an activating group) is 1. The lowest BCUT2D eigenvalue weighted by Crippen LogP contribution is -2.29. The predicted molar refractivity (Wildman–Crippen MR) is 137 cm³/mol. The minimum absolute atomic E-state index is 0.0341. The van der Waals surface area contributed by atoms with E-state index in [2.05, 4.69) is 0 Å². The van der Waals surface area contributed by atoms with Gasteiger partial charge in [0.2, 0.25) is 0 Å². The van der Waals surface area contributed by atoms with Gasteiger partial charge in [-0.1, -0.05) is 11.6 Å². The minimum Gasteiger partial charge on any atom is -0.507 e. The Kier molecular flexibility index (Phi) is 5.94. The molecule has 1 atom stereocenters. The van der Waals surface area contributed by atoms with Crippen LogP contribution < -0.4 is 19.3 Å². The molecule has 2 aliphatic rings. The Morgan fingerprint density at radius 2 is 2.00 bits per heavy atom. The maximum Gasteiger partial charge on any atom is 0.300 e. The van der Waals surface area contributed by atoms with Gasteiger partial charge in [-0.15, -0.1) is 11.3 Å². The number of aliphatic hydroxyl groups excluding tert-OH is 1. The van der Waals surface area contributed by atoms with Gasteiger partial charge in [0, 0.05) is 23.2 Å². The molecule has 3 heterocycles. The largest absolute Gasteiger partial charge is 0.507 e. The lowest BCUT2D eigenvalue weighted by Gasteiger charge is -2.28. The number of carbonyl (C=O) groups excluding carboxylic acids is 2. The summed E-state index contributed by atoms with van der Waals surface area (Å²) in [5, 5.41) is 13.6. The van der Waals surface area contributed by atoms with Crippen molar-refractivity contribution < 1.29 is 24.2 Å². The van der Waals surface area contributed by atoms with Crippen molar-refractivity contribution in [2.45, 2.75) is 13.0 Å². The number of amides is 1. The van der Waals surface area contributed by atoms with Gasteiger partial charge in [-0.2, -0.15) is 0 Å². The normalized spacial score (nSPS) is 19.0. The van der Waals surface area contributed by atoms with Crippen LogP contribution in [0.25, 0.3) is 5.76 Å². The molecule has 0 aliphatic carbocycles. The van der Waals surface area contributed by atoms with E-state index < -0.39 is 17.7 Å². The summed E-state index contributed by atoms with van der Waals surface area (Å²) >= 11 is 7.77. The first-order chi connectivity index (χ1) is 16.8. The van der Waals surface area contributed by atoms with Crippen LogP contribution in [0.5, 0.6) is 11.5 Å². The van der Waals surface area contributed by atoms with Crippen LogP contribution in [0.3, 0.4) is 0 Å². The first kappa shape index (κ1) is 23.3. The predicted octanol–water partition coefficient (Wildman–Crippen LogP) is 5.17. The van der Waals surface area contributed by atoms with Crippen LogP contribution in [0.4, 0.5) is 11.4 Å². The zero-order valence-electron chi connectivity index (χ0n) is 19.4. The lowest BCUT2D eigenvalue weighted by molar-refractivity contribution is -0.132. The number of nitrogens with zero attached hydrogens (tertiary/aromatic N) is 2. The van der Waals surface area contributed by atoms with Gasteiger partial charge < -0.3 is 19.5 Å². The third-order valence-electron chi connectivity index (χ3n) is 6.34. The van der Waals surface area contributed by atoms with E-state index in [-0.39, 0.29) is 11.3 Å². The Labute approximate surface area is 211 Å². The van der Waals surface area contributed by atoms with E-state index in [1.165, 1.54) is 23.3 Å². The van der Waals surface area contributed by atoms with Crippen molar-refractivity contribution in [2.75, 3.05) is 37.1 Å². The highest BCUT2D eigenvalue weighted by atomic mass is 35.5. The van der Waals surface area contributed by atoms with Gasteiger partial charge in [0.05, 0.1) is 29.9 Å². The van der Waals surface area contributed by atoms with Gasteiger partial charge in [-0.3, -0.25) is 14.5 Å². The Morgan fingerprint density at radius 3 is 2.69 bits per heavy atom. The molecule has 1 fully saturated rings. The van der Waals surface area contributed by atoms with Gasteiger partial charge in [0.1, 0.15) is 29.9 Å². The second kappa shape index (κ2) is 8.94. The molecule has 2 aromatic carbocycles. The molecule has 1 N–H and O–H groups in total. The van der Waals surface area contributed by atoms with Crippen LogP contribution in [-0.2, 0) is 9.59 Å². The monoisotopic (exact) mass is 510 g/mol. The molecule has 35 heavy (non-hydrogen) atoms. The van der Waals surface area contributed by atoms with E-state index in [9.17, 15) is 14.7 Å². The first-order valence-electron chi connectivity index (χ1n) is 11.0. The molecule has 5 rings (SSSR count). The number of carbonyl (C=O) groups is 2. The van der Waals surface area contributed by atoms with E-state index in [4.69, 9.17) is 21.1 Å². The summed E-state index contributed by atoms with van der Waals surface area (Å²) in [5.74, 6) is -0.561. The van der Waals surface area contributed by atoms with Gasteiger partial charge >= 0.3 is 0 Å². The summed E-state index contributed by atoms with van der Waals surface area (Å²) < 4.78 is 10.9. The smallest absolute Gasteiger partial charge is 0.300 e. The highest BCUT2D eigenvalue weighted by Crippen LogP contribution is 2.46. The fraction of sp³-hybridized carbons (Fsp3) is 0.231. The third-order valence-corrected chi connectivity index (χ3v) is 7.70. The molecule has 7 nitrogen and oxygen atoms in total. The molecule has 0 saturated carbocycles. The number of ether oxygens (including phenoxy) is 2. The zero-order chi connectivity index (χ0) is 24.9. The van der Waals surface area contributed by atoms with Crippen molar-refractivity contribution in [3.05, 3.63) is 74.4 Å². The topological polar surface area (TPSA) is 79.3 Å². The molecular weight excluding hydrogens is 488 g/mol. The van der Waals surface area contributed by atoms with E-state index in [0.29, 0.717) is 40.9 Å². The number of rotatable bonds is 4. The van der Waals surface area contributed by atoms with Crippen molar-refractivity contribution >= 4 is 51.8 Å². The van der Waals surface area contributed by atoms with Crippen LogP contribution >= 0.6 is 22.9 Å². The summed E-state index contributed by atoms with van der Waals surface area (Å²) in [6.07, 6.45) is 0. The summed E-state index contributed by atoms with van der Waals surface area (Å²) in [6.45, 7) is 3.19. The number of hydrogen-bond acceptors (Lipinski definition) is 7. The number of halogens is 1. The average molecular weight is 511 g/mol. The molecule has 180 valence electrons. The van der Waals surface area contributed by atoms with Gasteiger partial charge in [-0.05, 0) is 60.3 Å². The molecule has 0 bridgehead atoms. The second-order valence-electron chi connectivity index (χ2n) is 8.41. The number of ketones is 1. The number of Topliss-reactive ketones (excluding diaryl/α,β-unsaturated/α-hetero) is 1. The standard InChI is InChI=1S/C26H23ClN2O5S/c1-14-8-11-35-25(14)22-21(23(30)15-4-6-20-18(12-15)28(2)9-10-34-20)24(31)26(32)29(22)16-5-7-19(33-3)17(27)13-16/h4-8,11-13,22,30H,9-10H2,1-3H3/b23-21-. The van der Waals surface area contributed by atoms with Crippen molar-refractivity contribution in [2.24, 2.45) is 0 Å². The molecule has 1 saturated heterocycles. The number of aliphatic hydroxyl groups is 1. The first-order valence-corrected chi connectivity index (χ1v) is 12.2. The number of hydrogen-bond donors (Lipinski definition) is 1. The van der Waals surface area contributed by atoms with Crippen LogP contribution in [-0.4, -0.2) is 44.1 Å². The summed E-state index contributed by atoms with van der Waals surface area (Å²) in [5.41, 5.74) is 2.63. The van der Waals surface area contributed by atoms with Crippen LogP contribution in [0.2, 0.25) is 5.02 Å². The Bertz CT molecular complexity index is 1380. The van der Waals surface area contributed by atoms with E-state index in [1.807, 2.05) is 30.3 Å². The summed E-state index contributed by atoms with van der Waals surface area (Å²) in [7, 11) is 3.44. The van der Waals surface area contributed by atoms with Crippen LogP contribution in [0, 0.1) is 6.92 Å².